The van der Waals surface area contributed by atoms with Crippen molar-refractivity contribution in [3.63, 3.8) is 0 Å². The van der Waals surface area contributed by atoms with Gasteiger partial charge in [-0.1, -0.05) is 36.4 Å². The van der Waals surface area contributed by atoms with Gasteiger partial charge in [0.15, 0.2) is 0 Å². The molecule has 6 N–H and O–H groups in total. The SMILES string of the molecule is Cc1cccc(Nc2ccc(NC3C=CC(Nc4ccc(Nc5ccc(N)cc5)cc4)C=C3)cc2)c1. The monoisotopic (exact) mass is 473 g/mol. The maximum atomic E-state index is 5.76. The molecule has 4 aromatic rings. The summed E-state index contributed by atoms with van der Waals surface area (Å²) in [4.78, 5) is 0. The van der Waals surface area contributed by atoms with Crippen LogP contribution in [0, 0.1) is 6.92 Å². The summed E-state index contributed by atoms with van der Waals surface area (Å²) < 4.78 is 0. The van der Waals surface area contributed by atoms with E-state index in [9.17, 15) is 0 Å². The number of aryl methyl sites for hydroxylation is 1. The minimum absolute atomic E-state index is 0.153. The number of hydrogen-bond acceptors (Lipinski definition) is 5. The summed E-state index contributed by atoms with van der Waals surface area (Å²) >= 11 is 0. The van der Waals surface area contributed by atoms with E-state index < -0.39 is 0 Å². The molecule has 0 spiro atoms. The van der Waals surface area contributed by atoms with Crippen LogP contribution in [0.15, 0.2) is 121 Å². The van der Waals surface area contributed by atoms with Crippen molar-refractivity contribution in [3.8, 4) is 0 Å². The molecule has 0 saturated heterocycles. The van der Waals surface area contributed by atoms with E-state index in [1.54, 1.807) is 0 Å². The zero-order valence-electron chi connectivity index (χ0n) is 20.3. The predicted octanol–water partition coefficient (Wildman–Crippen LogP) is 7.45. The summed E-state index contributed by atoms with van der Waals surface area (Å²) in [6.07, 6.45) is 8.75. The van der Waals surface area contributed by atoms with Gasteiger partial charge in [0.2, 0.25) is 0 Å². The van der Waals surface area contributed by atoms with E-state index in [2.05, 4.69) is 125 Å². The van der Waals surface area contributed by atoms with E-state index >= 15 is 0 Å². The standard InChI is InChI=1S/C31H31N5/c1-22-3-2-4-31(21-22)36-30-19-17-29(18-20-30)35-28-15-13-27(14-16-28)34-26-11-9-25(10-12-26)33-24-7-5-23(32)6-8-24/h2-21,27-28,33-36H,32H2,1H3. The third-order valence-corrected chi connectivity index (χ3v) is 5.99. The highest BCUT2D eigenvalue weighted by Gasteiger charge is 2.10. The number of nitrogens with one attached hydrogen (secondary N) is 4. The lowest BCUT2D eigenvalue weighted by molar-refractivity contribution is 0.997. The van der Waals surface area contributed by atoms with Crippen LogP contribution in [0.3, 0.4) is 0 Å². The van der Waals surface area contributed by atoms with Crippen molar-refractivity contribution in [3.05, 3.63) is 127 Å². The van der Waals surface area contributed by atoms with E-state index in [0.29, 0.717) is 0 Å². The maximum absolute atomic E-state index is 5.76. The Labute approximate surface area is 212 Å². The van der Waals surface area contributed by atoms with Crippen molar-refractivity contribution in [1.82, 2.24) is 0 Å². The second-order valence-corrected chi connectivity index (χ2v) is 9.01. The van der Waals surface area contributed by atoms with Gasteiger partial charge in [0.25, 0.3) is 0 Å². The molecule has 36 heavy (non-hydrogen) atoms. The molecule has 0 aliphatic heterocycles. The molecule has 0 heterocycles. The van der Waals surface area contributed by atoms with Gasteiger partial charge in [-0.25, -0.2) is 0 Å². The van der Waals surface area contributed by atoms with Crippen molar-refractivity contribution < 1.29 is 0 Å². The Morgan fingerprint density at radius 2 is 0.917 bits per heavy atom. The summed E-state index contributed by atoms with van der Waals surface area (Å²) in [5.41, 5.74) is 14.1. The summed E-state index contributed by atoms with van der Waals surface area (Å²) in [5.74, 6) is 0. The molecule has 0 atom stereocenters. The van der Waals surface area contributed by atoms with Gasteiger partial charge in [-0.2, -0.15) is 0 Å². The zero-order valence-corrected chi connectivity index (χ0v) is 20.3. The molecular weight excluding hydrogens is 442 g/mol. The molecule has 5 rings (SSSR count). The van der Waals surface area contributed by atoms with Crippen molar-refractivity contribution >= 4 is 39.8 Å². The van der Waals surface area contributed by atoms with E-state index in [1.807, 2.05) is 24.3 Å². The molecule has 5 heteroatoms. The molecule has 0 amide bonds. The molecule has 0 saturated carbocycles. The Kier molecular flexibility index (Phi) is 6.90. The Morgan fingerprint density at radius 1 is 0.500 bits per heavy atom. The van der Waals surface area contributed by atoms with Gasteiger partial charge in [0.05, 0.1) is 12.1 Å². The molecule has 5 nitrogen and oxygen atoms in total. The second kappa shape index (κ2) is 10.7. The molecule has 0 radical (unpaired) electrons. The summed E-state index contributed by atoms with van der Waals surface area (Å²) in [7, 11) is 0. The van der Waals surface area contributed by atoms with Crippen molar-refractivity contribution in [1.29, 1.82) is 0 Å². The van der Waals surface area contributed by atoms with Crippen LogP contribution < -0.4 is 27.0 Å². The number of nitrogens with two attached hydrogens (primary N) is 1. The first-order valence-corrected chi connectivity index (χ1v) is 12.2. The molecule has 180 valence electrons. The van der Waals surface area contributed by atoms with Crippen LogP contribution in [0.25, 0.3) is 0 Å². The minimum atomic E-state index is 0.153. The lowest BCUT2D eigenvalue weighted by atomic mass is 10.1. The fourth-order valence-electron chi connectivity index (χ4n) is 4.11. The Balaban J connectivity index is 1.10. The first-order chi connectivity index (χ1) is 17.6. The highest BCUT2D eigenvalue weighted by Crippen LogP contribution is 2.23. The summed E-state index contributed by atoms with van der Waals surface area (Å²) in [5, 5.41) is 13.9. The van der Waals surface area contributed by atoms with Gasteiger partial charge in [-0.05, 0) is 97.4 Å². The van der Waals surface area contributed by atoms with Crippen LogP contribution in [0.4, 0.5) is 39.8 Å². The van der Waals surface area contributed by atoms with E-state index in [4.69, 9.17) is 5.73 Å². The topological polar surface area (TPSA) is 74.1 Å². The van der Waals surface area contributed by atoms with Crippen LogP contribution in [-0.2, 0) is 0 Å². The average Bonchev–Trinajstić information content (AvgIpc) is 2.89. The molecule has 1 aliphatic carbocycles. The van der Waals surface area contributed by atoms with Crippen molar-refractivity contribution in [2.24, 2.45) is 0 Å². The molecule has 0 fully saturated rings. The third kappa shape index (κ3) is 6.27. The molecule has 0 unspecified atom stereocenters. The Hall–Kier alpha value is -4.64. The van der Waals surface area contributed by atoms with Gasteiger partial charge in [-0.3, -0.25) is 0 Å². The lowest BCUT2D eigenvalue weighted by Gasteiger charge is -2.21. The highest BCUT2D eigenvalue weighted by molar-refractivity contribution is 5.65. The zero-order chi connectivity index (χ0) is 24.7. The molecular formula is C31H31N5. The van der Waals surface area contributed by atoms with Crippen LogP contribution in [-0.4, -0.2) is 12.1 Å². The van der Waals surface area contributed by atoms with E-state index in [1.165, 1.54) is 5.56 Å². The predicted molar refractivity (Wildman–Crippen MR) is 155 cm³/mol. The van der Waals surface area contributed by atoms with Gasteiger partial charge < -0.3 is 27.0 Å². The minimum Gasteiger partial charge on any atom is -0.399 e. The Bertz CT molecular complexity index is 1330. The third-order valence-electron chi connectivity index (χ3n) is 5.99. The van der Waals surface area contributed by atoms with Crippen molar-refractivity contribution in [2.45, 2.75) is 19.0 Å². The normalized spacial score (nSPS) is 16.4. The number of rotatable bonds is 8. The smallest absolute Gasteiger partial charge is 0.0630 e. The number of hydrogen-bond donors (Lipinski definition) is 5. The van der Waals surface area contributed by atoms with Crippen LogP contribution in [0.2, 0.25) is 0 Å². The fraction of sp³-hybridized carbons (Fsp3) is 0.0968. The van der Waals surface area contributed by atoms with Crippen LogP contribution in [0.1, 0.15) is 5.56 Å². The number of anilines is 7. The van der Waals surface area contributed by atoms with E-state index in [0.717, 1.165) is 39.8 Å². The molecule has 0 aromatic heterocycles. The van der Waals surface area contributed by atoms with Crippen LogP contribution in [0.5, 0.6) is 0 Å². The quantitative estimate of drug-likeness (QED) is 0.136. The van der Waals surface area contributed by atoms with Gasteiger partial charge >= 0.3 is 0 Å². The maximum Gasteiger partial charge on any atom is 0.0630 e. The van der Waals surface area contributed by atoms with E-state index in [-0.39, 0.29) is 12.1 Å². The first kappa shape index (κ1) is 23.1. The second-order valence-electron chi connectivity index (χ2n) is 9.01. The largest absolute Gasteiger partial charge is 0.399 e. The average molecular weight is 474 g/mol. The fourth-order valence-corrected chi connectivity index (χ4v) is 4.11. The van der Waals surface area contributed by atoms with Gasteiger partial charge in [-0.15, -0.1) is 0 Å². The van der Waals surface area contributed by atoms with Crippen molar-refractivity contribution in [2.75, 3.05) is 27.0 Å². The van der Waals surface area contributed by atoms with Gasteiger partial charge in [0.1, 0.15) is 0 Å². The van der Waals surface area contributed by atoms with Crippen LogP contribution >= 0.6 is 0 Å². The van der Waals surface area contributed by atoms with Gasteiger partial charge in [0, 0.05) is 39.8 Å². The Morgan fingerprint density at radius 3 is 1.39 bits per heavy atom. The highest BCUT2D eigenvalue weighted by atomic mass is 14.9. The summed E-state index contributed by atoms with van der Waals surface area (Å²) in [6.45, 7) is 2.10. The molecule has 0 bridgehead atoms. The number of nitrogen functional groups attached to an aromatic ring is 1. The lowest BCUT2D eigenvalue weighted by Crippen LogP contribution is -2.22. The first-order valence-electron chi connectivity index (χ1n) is 12.2. The summed E-state index contributed by atoms with van der Waals surface area (Å²) in [6, 6.07) is 33.1. The number of benzene rings is 4. The molecule has 1 aliphatic rings. The molecule has 4 aromatic carbocycles.